The zero-order chi connectivity index (χ0) is 14.7. The maximum Gasteiger partial charge on any atom is 0.0521 e. The Morgan fingerprint density at radius 1 is 1.33 bits per heavy atom. The molecule has 0 saturated carbocycles. The van der Waals surface area contributed by atoms with Crippen LogP contribution in [0.1, 0.15) is 36.0 Å². The van der Waals surface area contributed by atoms with E-state index >= 15 is 0 Å². The van der Waals surface area contributed by atoms with Gasteiger partial charge in [0.2, 0.25) is 0 Å². The van der Waals surface area contributed by atoms with Crippen molar-refractivity contribution < 1.29 is 0 Å². The average molecular weight is 283 g/mol. The van der Waals surface area contributed by atoms with E-state index < -0.39 is 0 Å². The van der Waals surface area contributed by atoms with E-state index in [1.54, 1.807) is 11.1 Å². The molecule has 1 aliphatic carbocycles. The van der Waals surface area contributed by atoms with Crippen molar-refractivity contribution in [1.29, 1.82) is 0 Å². The van der Waals surface area contributed by atoms with Crippen molar-refractivity contribution >= 4 is 0 Å². The molecule has 0 fully saturated rings. The molecule has 1 aromatic carbocycles. The van der Waals surface area contributed by atoms with Crippen molar-refractivity contribution in [1.82, 2.24) is 15.1 Å². The van der Waals surface area contributed by atoms with E-state index in [1.165, 1.54) is 31.2 Å². The molecule has 2 aromatic rings. The first-order valence-electron chi connectivity index (χ1n) is 7.94. The molecule has 0 aliphatic heterocycles. The Balaban J connectivity index is 1.86. The van der Waals surface area contributed by atoms with Gasteiger partial charge in [0.25, 0.3) is 0 Å². The minimum absolute atomic E-state index is 0.277. The Hall–Kier alpha value is -1.61. The molecule has 1 atom stereocenters. The Labute approximate surface area is 127 Å². The molecule has 21 heavy (non-hydrogen) atoms. The van der Waals surface area contributed by atoms with E-state index in [2.05, 4.69) is 47.9 Å². The van der Waals surface area contributed by atoms with Gasteiger partial charge in [-0.25, -0.2) is 0 Å². The van der Waals surface area contributed by atoms with E-state index in [4.69, 9.17) is 0 Å². The van der Waals surface area contributed by atoms with Gasteiger partial charge in [-0.05, 0) is 55.8 Å². The van der Waals surface area contributed by atoms with E-state index in [0.717, 1.165) is 13.0 Å². The van der Waals surface area contributed by atoms with Gasteiger partial charge in [0.15, 0.2) is 0 Å². The van der Waals surface area contributed by atoms with Crippen LogP contribution in [0.3, 0.4) is 0 Å². The number of benzene rings is 1. The number of aromatic nitrogens is 2. The van der Waals surface area contributed by atoms with Crippen molar-refractivity contribution in [3.8, 4) is 0 Å². The van der Waals surface area contributed by atoms with Gasteiger partial charge in [-0.3, -0.25) is 4.68 Å². The van der Waals surface area contributed by atoms with Gasteiger partial charge in [-0.2, -0.15) is 5.10 Å². The summed E-state index contributed by atoms with van der Waals surface area (Å²) in [6.07, 6.45) is 10.2. The molecule has 0 saturated heterocycles. The highest BCUT2D eigenvalue weighted by molar-refractivity contribution is 5.37. The fourth-order valence-corrected chi connectivity index (χ4v) is 3.86. The summed E-state index contributed by atoms with van der Waals surface area (Å²) in [5, 5.41) is 7.73. The second-order valence-electron chi connectivity index (χ2n) is 6.34. The second-order valence-corrected chi connectivity index (χ2v) is 6.34. The van der Waals surface area contributed by atoms with Crippen molar-refractivity contribution in [3.63, 3.8) is 0 Å². The molecular weight excluding hydrogens is 258 g/mol. The summed E-state index contributed by atoms with van der Waals surface area (Å²) in [6, 6.07) is 9.02. The van der Waals surface area contributed by atoms with Crippen LogP contribution in [-0.4, -0.2) is 23.4 Å². The SMILES string of the molecule is CNCC1(CCc2cnn(C)c2)CCCc2ccccc21. The van der Waals surface area contributed by atoms with Crippen molar-refractivity contribution in [2.24, 2.45) is 7.05 Å². The standard InChI is InChI=1S/C18H25N3/c1-19-14-18(11-9-15-12-20-21(2)13-15)10-5-7-16-6-3-4-8-17(16)18/h3-4,6,8,12-13,19H,5,7,9-11,14H2,1-2H3. The number of fused-ring (bicyclic) bond motifs is 1. The third-order valence-corrected chi connectivity index (χ3v) is 4.86. The Morgan fingerprint density at radius 2 is 2.19 bits per heavy atom. The van der Waals surface area contributed by atoms with Crippen molar-refractivity contribution in [2.75, 3.05) is 13.6 Å². The maximum absolute atomic E-state index is 4.29. The van der Waals surface area contributed by atoms with Gasteiger partial charge >= 0.3 is 0 Å². The summed E-state index contributed by atoms with van der Waals surface area (Å²) < 4.78 is 1.90. The third-order valence-electron chi connectivity index (χ3n) is 4.86. The molecule has 1 unspecified atom stereocenters. The highest BCUT2D eigenvalue weighted by Gasteiger charge is 2.35. The lowest BCUT2D eigenvalue weighted by Crippen LogP contribution is -2.40. The molecule has 1 N–H and O–H groups in total. The Kier molecular flexibility index (Phi) is 4.11. The van der Waals surface area contributed by atoms with Crippen LogP contribution in [0.15, 0.2) is 36.7 Å². The molecular formula is C18H25N3. The van der Waals surface area contributed by atoms with E-state index in [0.29, 0.717) is 0 Å². The highest BCUT2D eigenvalue weighted by Crippen LogP contribution is 2.40. The minimum atomic E-state index is 0.277. The predicted octanol–water partition coefficient (Wildman–Crippen LogP) is 2.85. The number of hydrogen-bond donors (Lipinski definition) is 1. The first kappa shape index (κ1) is 14.3. The fraction of sp³-hybridized carbons (Fsp3) is 0.500. The monoisotopic (exact) mass is 283 g/mol. The van der Waals surface area contributed by atoms with Crippen LogP contribution in [0.4, 0.5) is 0 Å². The van der Waals surface area contributed by atoms with E-state index in [-0.39, 0.29) is 5.41 Å². The lowest BCUT2D eigenvalue weighted by atomic mass is 9.67. The van der Waals surface area contributed by atoms with Crippen molar-refractivity contribution in [3.05, 3.63) is 53.3 Å². The molecule has 3 rings (SSSR count). The Morgan fingerprint density at radius 3 is 2.95 bits per heavy atom. The van der Waals surface area contributed by atoms with Crippen LogP contribution in [0, 0.1) is 0 Å². The third kappa shape index (κ3) is 2.88. The number of hydrogen-bond acceptors (Lipinski definition) is 2. The highest BCUT2D eigenvalue weighted by atomic mass is 15.2. The number of rotatable bonds is 5. The first-order chi connectivity index (χ1) is 10.2. The zero-order valence-electron chi connectivity index (χ0n) is 13.1. The van der Waals surface area contributed by atoms with Crippen LogP contribution in [0.2, 0.25) is 0 Å². The number of likely N-dealkylation sites (N-methyl/N-ethyl adjacent to an activating group) is 1. The van der Waals surface area contributed by atoms with Gasteiger partial charge in [-0.1, -0.05) is 24.3 Å². The summed E-state index contributed by atoms with van der Waals surface area (Å²) in [4.78, 5) is 0. The normalized spacial score (nSPS) is 21.2. The molecule has 0 radical (unpaired) electrons. The maximum atomic E-state index is 4.29. The fourth-order valence-electron chi connectivity index (χ4n) is 3.86. The summed E-state index contributed by atoms with van der Waals surface area (Å²) in [5.41, 5.74) is 4.73. The molecule has 1 heterocycles. The summed E-state index contributed by atoms with van der Waals surface area (Å²) in [6.45, 7) is 1.06. The summed E-state index contributed by atoms with van der Waals surface area (Å²) in [7, 11) is 4.06. The first-order valence-corrected chi connectivity index (χ1v) is 7.94. The van der Waals surface area contributed by atoms with Crippen LogP contribution >= 0.6 is 0 Å². The predicted molar refractivity (Wildman–Crippen MR) is 86.5 cm³/mol. The van der Waals surface area contributed by atoms with Crippen LogP contribution in [0.5, 0.6) is 0 Å². The number of aryl methyl sites for hydroxylation is 3. The molecule has 112 valence electrons. The number of nitrogens with zero attached hydrogens (tertiary/aromatic N) is 2. The summed E-state index contributed by atoms with van der Waals surface area (Å²) >= 11 is 0. The van der Waals surface area contributed by atoms with Gasteiger partial charge in [0.05, 0.1) is 6.20 Å². The molecule has 1 aromatic heterocycles. The van der Waals surface area contributed by atoms with Gasteiger partial charge < -0.3 is 5.32 Å². The topological polar surface area (TPSA) is 29.9 Å². The van der Waals surface area contributed by atoms with Gasteiger partial charge in [-0.15, -0.1) is 0 Å². The molecule has 0 bridgehead atoms. The summed E-state index contributed by atoms with van der Waals surface area (Å²) in [5.74, 6) is 0. The zero-order valence-corrected chi connectivity index (χ0v) is 13.1. The molecule has 1 aliphatic rings. The Bertz CT molecular complexity index is 602. The van der Waals surface area contributed by atoms with Gasteiger partial charge in [0.1, 0.15) is 0 Å². The second kappa shape index (κ2) is 6.02. The lowest BCUT2D eigenvalue weighted by Gasteiger charge is -2.39. The molecule has 0 spiro atoms. The molecule has 3 heteroatoms. The largest absolute Gasteiger partial charge is 0.319 e. The lowest BCUT2D eigenvalue weighted by molar-refractivity contribution is 0.324. The van der Waals surface area contributed by atoms with E-state index in [1.807, 2.05) is 17.9 Å². The smallest absolute Gasteiger partial charge is 0.0521 e. The van der Waals surface area contributed by atoms with Crippen molar-refractivity contribution in [2.45, 2.75) is 37.5 Å². The van der Waals surface area contributed by atoms with Crippen LogP contribution in [0.25, 0.3) is 0 Å². The van der Waals surface area contributed by atoms with E-state index in [9.17, 15) is 0 Å². The average Bonchev–Trinajstić information content (AvgIpc) is 2.92. The van der Waals surface area contributed by atoms with Crippen LogP contribution < -0.4 is 5.32 Å². The quantitative estimate of drug-likeness (QED) is 0.914. The minimum Gasteiger partial charge on any atom is -0.319 e. The molecule has 3 nitrogen and oxygen atoms in total. The number of nitrogens with one attached hydrogen (secondary N) is 1. The van der Waals surface area contributed by atoms with Crippen LogP contribution in [-0.2, 0) is 25.3 Å². The van der Waals surface area contributed by atoms with Gasteiger partial charge in [0, 0.05) is 25.2 Å². The molecule has 0 amide bonds.